The van der Waals surface area contributed by atoms with Crippen LogP contribution in [0.3, 0.4) is 0 Å². The van der Waals surface area contributed by atoms with E-state index >= 15 is 0 Å². The molecule has 0 rings (SSSR count). The Hall–Kier alpha value is -2.46. The summed E-state index contributed by atoms with van der Waals surface area (Å²) in [6, 6.07) is 0. The molecular weight excluding hydrogens is 350 g/mol. The molecule has 0 saturated carbocycles. The summed E-state index contributed by atoms with van der Waals surface area (Å²) in [6.45, 7) is 1.55. The lowest BCUT2D eigenvalue weighted by Crippen LogP contribution is -2.31. The summed E-state index contributed by atoms with van der Waals surface area (Å²) < 4.78 is 0. The van der Waals surface area contributed by atoms with E-state index in [1.54, 1.807) is 12.2 Å². The molecule has 0 unspecified atom stereocenters. The SMILES string of the molecule is CCCCCCCCCC=CC=CC=CC=CC=CC=CC(=O)NC(=O)CO. The molecule has 0 aliphatic carbocycles. The van der Waals surface area contributed by atoms with Crippen LogP contribution < -0.4 is 5.32 Å². The Morgan fingerprint density at radius 1 is 0.714 bits per heavy atom. The number of rotatable bonds is 15. The van der Waals surface area contributed by atoms with Gasteiger partial charge in [0.05, 0.1) is 0 Å². The molecule has 4 nitrogen and oxygen atoms in total. The molecule has 0 saturated heterocycles. The van der Waals surface area contributed by atoms with E-state index in [-0.39, 0.29) is 0 Å². The molecule has 0 aromatic heterocycles. The number of carbonyl (C=O) groups is 2. The van der Waals surface area contributed by atoms with Crippen LogP contribution >= 0.6 is 0 Å². The molecule has 0 bridgehead atoms. The Morgan fingerprint density at radius 2 is 1.21 bits per heavy atom. The topological polar surface area (TPSA) is 66.4 Å². The average Bonchev–Trinajstić information content (AvgIpc) is 2.69. The van der Waals surface area contributed by atoms with Crippen LogP contribution in [0.5, 0.6) is 0 Å². The maximum atomic E-state index is 11.2. The lowest BCUT2D eigenvalue weighted by molar-refractivity contribution is -0.129. The normalized spacial score (nSPS) is 12.6. The molecule has 154 valence electrons. The van der Waals surface area contributed by atoms with Crippen LogP contribution in [0.2, 0.25) is 0 Å². The standard InChI is InChI=1S/C24H35NO3/c1-2-3-4-5-6-7-8-9-10-11-12-13-14-15-16-17-18-19-20-21-23(27)25-24(28)22-26/h10-21,26H,2-9,22H2,1H3,(H,25,27,28). The molecule has 0 aliphatic heterocycles. The van der Waals surface area contributed by atoms with Crippen molar-refractivity contribution in [2.45, 2.75) is 58.3 Å². The van der Waals surface area contributed by atoms with Gasteiger partial charge in [-0.05, 0) is 12.8 Å². The van der Waals surface area contributed by atoms with E-state index < -0.39 is 18.4 Å². The fraction of sp³-hybridized carbons (Fsp3) is 0.417. The van der Waals surface area contributed by atoms with Crippen LogP contribution in [0.4, 0.5) is 0 Å². The van der Waals surface area contributed by atoms with Crippen LogP contribution in [-0.2, 0) is 9.59 Å². The zero-order valence-electron chi connectivity index (χ0n) is 17.1. The van der Waals surface area contributed by atoms with Crippen molar-refractivity contribution in [2.24, 2.45) is 0 Å². The second-order valence-electron chi connectivity index (χ2n) is 6.31. The zero-order valence-corrected chi connectivity index (χ0v) is 17.1. The number of amides is 2. The molecule has 0 aromatic rings. The molecule has 0 heterocycles. The van der Waals surface area contributed by atoms with Gasteiger partial charge in [0.1, 0.15) is 6.61 Å². The summed E-state index contributed by atoms with van der Waals surface area (Å²) in [6.07, 6.45) is 32.6. The first-order chi connectivity index (χ1) is 13.7. The Balaban J connectivity index is 3.73. The van der Waals surface area contributed by atoms with Gasteiger partial charge in [0, 0.05) is 6.08 Å². The third-order valence-corrected chi connectivity index (χ3v) is 3.76. The van der Waals surface area contributed by atoms with Gasteiger partial charge >= 0.3 is 0 Å². The molecule has 0 spiro atoms. The Labute approximate surface area is 170 Å². The maximum Gasteiger partial charge on any atom is 0.252 e. The molecule has 4 heteroatoms. The van der Waals surface area contributed by atoms with Crippen LogP contribution in [0, 0.1) is 0 Å². The van der Waals surface area contributed by atoms with Gasteiger partial charge in [-0.15, -0.1) is 0 Å². The number of hydrogen-bond donors (Lipinski definition) is 2. The van der Waals surface area contributed by atoms with Gasteiger partial charge in [-0.3, -0.25) is 14.9 Å². The number of aliphatic hydroxyl groups is 1. The second kappa shape index (κ2) is 20.8. The van der Waals surface area contributed by atoms with Crippen molar-refractivity contribution < 1.29 is 14.7 Å². The van der Waals surface area contributed by atoms with E-state index in [2.05, 4.69) is 19.1 Å². The summed E-state index contributed by atoms with van der Waals surface area (Å²) in [5, 5.41) is 10.5. The quantitative estimate of drug-likeness (QED) is 0.234. The Kier molecular flexibility index (Phi) is 19.0. The van der Waals surface area contributed by atoms with E-state index in [1.807, 2.05) is 41.8 Å². The van der Waals surface area contributed by atoms with Crippen molar-refractivity contribution in [3.05, 3.63) is 72.9 Å². The number of hydrogen-bond acceptors (Lipinski definition) is 3. The summed E-state index contributed by atoms with van der Waals surface area (Å²) in [4.78, 5) is 21.9. The lowest BCUT2D eigenvalue weighted by Gasteiger charge is -1.98. The van der Waals surface area contributed by atoms with E-state index in [1.165, 1.54) is 57.1 Å². The first-order valence-electron chi connectivity index (χ1n) is 10.1. The summed E-state index contributed by atoms with van der Waals surface area (Å²) >= 11 is 0. The number of carbonyl (C=O) groups excluding carboxylic acids is 2. The highest BCUT2D eigenvalue weighted by Gasteiger charge is 2.00. The van der Waals surface area contributed by atoms with Crippen LogP contribution in [-0.4, -0.2) is 23.5 Å². The van der Waals surface area contributed by atoms with Gasteiger partial charge in [-0.2, -0.15) is 0 Å². The van der Waals surface area contributed by atoms with Gasteiger partial charge in [0.25, 0.3) is 11.8 Å². The van der Waals surface area contributed by atoms with Gasteiger partial charge < -0.3 is 5.11 Å². The number of allylic oxidation sites excluding steroid dienone is 11. The van der Waals surface area contributed by atoms with Gasteiger partial charge in [0.15, 0.2) is 0 Å². The molecule has 0 atom stereocenters. The van der Waals surface area contributed by atoms with Crippen LogP contribution in [0.1, 0.15) is 58.3 Å². The lowest BCUT2D eigenvalue weighted by atomic mass is 10.1. The summed E-state index contributed by atoms with van der Waals surface area (Å²) in [7, 11) is 0. The second-order valence-corrected chi connectivity index (χ2v) is 6.31. The molecule has 0 aromatic carbocycles. The highest BCUT2D eigenvalue weighted by molar-refractivity contribution is 6.01. The Bertz CT molecular complexity index is 581. The average molecular weight is 386 g/mol. The maximum absolute atomic E-state index is 11.2. The highest BCUT2D eigenvalue weighted by atomic mass is 16.3. The first kappa shape index (κ1) is 25.5. The summed E-state index contributed by atoms with van der Waals surface area (Å²) in [5.74, 6) is -1.28. The molecular formula is C24H35NO3. The predicted molar refractivity (Wildman–Crippen MR) is 118 cm³/mol. The minimum Gasteiger partial charge on any atom is -0.387 e. The van der Waals surface area contributed by atoms with Gasteiger partial charge in [0.2, 0.25) is 0 Å². The first-order valence-corrected chi connectivity index (χ1v) is 10.1. The minimum absolute atomic E-state index is 0.558. The molecule has 2 amide bonds. The van der Waals surface area contributed by atoms with E-state index in [0.29, 0.717) is 0 Å². The monoisotopic (exact) mass is 385 g/mol. The molecule has 0 fully saturated rings. The van der Waals surface area contributed by atoms with Crippen molar-refractivity contribution in [1.29, 1.82) is 0 Å². The predicted octanol–water partition coefficient (Wildman–Crippen LogP) is 5.10. The van der Waals surface area contributed by atoms with Crippen molar-refractivity contribution in [3.8, 4) is 0 Å². The van der Waals surface area contributed by atoms with E-state index in [4.69, 9.17) is 5.11 Å². The number of imide groups is 1. The Morgan fingerprint density at radius 3 is 1.79 bits per heavy atom. The van der Waals surface area contributed by atoms with E-state index in [9.17, 15) is 9.59 Å². The number of unbranched alkanes of at least 4 members (excludes halogenated alkanes) is 7. The van der Waals surface area contributed by atoms with Crippen LogP contribution in [0.25, 0.3) is 0 Å². The van der Waals surface area contributed by atoms with Gasteiger partial charge in [-0.25, -0.2) is 0 Å². The number of aliphatic hydroxyl groups excluding tert-OH is 1. The summed E-state index contributed by atoms with van der Waals surface area (Å²) in [5.41, 5.74) is 0. The molecule has 0 radical (unpaired) electrons. The van der Waals surface area contributed by atoms with Crippen molar-refractivity contribution in [3.63, 3.8) is 0 Å². The third kappa shape index (κ3) is 19.9. The third-order valence-electron chi connectivity index (χ3n) is 3.76. The highest BCUT2D eigenvalue weighted by Crippen LogP contribution is 2.08. The minimum atomic E-state index is -0.718. The van der Waals surface area contributed by atoms with Crippen LogP contribution in [0.15, 0.2) is 72.9 Å². The van der Waals surface area contributed by atoms with Crippen molar-refractivity contribution >= 4 is 11.8 Å². The van der Waals surface area contributed by atoms with Gasteiger partial charge in [-0.1, -0.05) is 112 Å². The molecule has 28 heavy (non-hydrogen) atoms. The van der Waals surface area contributed by atoms with Crippen molar-refractivity contribution in [1.82, 2.24) is 5.32 Å². The molecule has 0 aliphatic rings. The fourth-order valence-corrected chi connectivity index (χ4v) is 2.27. The number of nitrogens with one attached hydrogen (secondary N) is 1. The van der Waals surface area contributed by atoms with Crippen molar-refractivity contribution in [2.75, 3.05) is 6.61 Å². The fourth-order valence-electron chi connectivity index (χ4n) is 2.27. The largest absolute Gasteiger partial charge is 0.387 e. The zero-order chi connectivity index (χ0) is 20.7. The molecule has 2 N–H and O–H groups in total. The van der Waals surface area contributed by atoms with E-state index in [0.717, 1.165) is 6.42 Å². The smallest absolute Gasteiger partial charge is 0.252 e.